The minimum Gasteiger partial charge on any atom is -0.427 e. The molecule has 3 nitrogen and oxygen atoms in total. The van der Waals surface area contributed by atoms with Crippen LogP contribution in [0.25, 0.3) is 0 Å². The number of aryl methyl sites for hydroxylation is 1. The Morgan fingerprint density at radius 1 is 0.952 bits per heavy atom. The second-order valence-corrected chi connectivity index (χ2v) is 6.31. The minimum absolute atomic E-state index is 0.619. The normalized spacial score (nSPS) is 11.1. The van der Waals surface area contributed by atoms with Crippen LogP contribution in [0, 0.1) is 6.92 Å². The first-order chi connectivity index (χ1) is 10.1. The van der Waals surface area contributed by atoms with E-state index in [1.807, 2.05) is 25.1 Å². The van der Waals surface area contributed by atoms with Gasteiger partial charge in [0.25, 0.3) is 0 Å². The molecule has 21 heavy (non-hydrogen) atoms. The standard InChI is InChI=1S/C17H29O3P/c1-3-4-5-6-7-8-9-10-13-16-15(2)12-11-14-17(16)20-21(18)19/h11-12,14,18-19H,3-10,13H2,1-2H3. The molecule has 0 bridgehead atoms. The first-order valence-electron chi connectivity index (χ1n) is 8.09. The minimum atomic E-state index is -2.34. The van der Waals surface area contributed by atoms with Crippen molar-refractivity contribution in [2.24, 2.45) is 0 Å². The number of benzene rings is 1. The average Bonchev–Trinajstić information content (AvgIpc) is 2.43. The number of unbranched alkanes of at least 4 members (excludes halogenated alkanes) is 7. The highest BCUT2D eigenvalue weighted by atomic mass is 31.2. The molecule has 1 aromatic carbocycles. The molecule has 1 aromatic rings. The van der Waals surface area contributed by atoms with Crippen molar-refractivity contribution >= 4 is 8.60 Å². The van der Waals surface area contributed by atoms with Gasteiger partial charge in [0.15, 0.2) is 0 Å². The monoisotopic (exact) mass is 312 g/mol. The summed E-state index contributed by atoms with van der Waals surface area (Å²) in [5.74, 6) is 0.619. The van der Waals surface area contributed by atoms with E-state index in [9.17, 15) is 0 Å². The van der Waals surface area contributed by atoms with E-state index in [0.717, 1.165) is 24.0 Å². The van der Waals surface area contributed by atoms with Crippen molar-refractivity contribution in [2.75, 3.05) is 0 Å². The average molecular weight is 312 g/mol. The van der Waals surface area contributed by atoms with Gasteiger partial charge in [0.2, 0.25) is 0 Å². The molecule has 0 spiro atoms. The fraction of sp³-hybridized carbons (Fsp3) is 0.647. The SMILES string of the molecule is CCCCCCCCCCc1c(C)cccc1OP(O)O. The first-order valence-corrected chi connectivity index (χ1v) is 9.26. The Labute approximate surface area is 130 Å². The predicted molar refractivity (Wildman–Crippen MR) is 89.5 cm³/mol. The quantitative estimate of drug-likeness (QED) is 0.432. The van der Waals surface area contributed by atoms with Crippen molar-refractivity contribution in [1.82, 2.24) is 0 Å². The van der Waals surface area contributed by atoms with Crippen molar-refractivity contribution in [3.8, 4) is 5.75 Å². The molecule has 0 aliphatic rings. The van der Waals surface area contributed by atoms with Gasteiger partial charge in [-0.1, -0.05) is 64.0 Å². The Balaban J connectivity index is 2.31. The lowest BCUT2D eigenvalue weighted by atomic mass is 10.00. The summed E-state index contributed by atoms with van der Waals surface area (Å²) in [7, 11) is -2.34. The van der Waals surface area contributed by atoms with Crippen LogP contribution in [0.1, 0.15) is 69.4 Å². The van der Waals surface area contributed by atoms with Gasteiger partial charge in [-0.25, -0.2) is 0 Å². The number of hydrogen-bond acceptors (Lipinski definition) is 3. The molecule has 0 aromatic heterocycles. The molecule has 1 rings (SSSR count). The molecular weight excluding hydrogens is 283 g/mol. The van der Waals surface area contributed by atoms with Crippen molar-refractivity contribution in [3.63, 3.8) is 0 Å². The summed E-state index contributed by atoms with van der Waals surface area (Å²) in [5, 5.41) is 0. The maximum atomic E-state index is 9.03. The Morgan fingerprint density at radius 2 is 1.57 bits per heavy atom. The van der Waals surface area contributed by atoms with Crippen LogP contribution < -0.4 is 4.52 Å². The molecule has 0 fully saturated rings. The van der Waals surface area contributed by atoms with E-state index in [2.05, 4.69) is 6.92 Å². The third kappa shape index (κ3) is 7.80. The fourth-order valence-corrected chi connectivity index (χ4v) is 2.95. The van der Waals surface area contributed by atoms with Crippen LogP contribution in [0.15, 0.2) is 18.2 Å². The van der Waals surface area contributed by atoms with Gasteiger partial charge < -0.3 is 14.3 Å². The third-order valence-electron chi connectivity index (χ3n) is 3.83. The van der Waals surface area contributed by atoms with Gasteiger partial charge in [-0.2, -0.15) is 0 Å². The maximum Gasteiger partial charge on any atom is 0.391 e. The summed E-state index contributed by atoms with van der Waals surface area (Å²) in [6.07, 6.45) is 11.3. The van der Waals surface area contributed by atoms with Crippen LogP contribution in [0.4, 0.5) is 0 Å². The highest BCUT2D eigenvalue weighted by molar-refractivity contribution is 7.39. The van der Waals surface area contributed by atoms with E-state index < -0.39 is 8.60 Å². The van der Waals surface area contributed by atoms with Gasteiger partial charge in [0.1, 0.15) is 5.75 Å². The van der Waals surface area contributed by atoms with Crippen molar-refractivity contribution in [2.45, 2.75) is 71.6 Å². The van der Waals surface area contributed by atoms with E-state index in [0.29, 0.717) is 5.75 Å². The molecule has 2 N–H and O–H groups in total. The van der Waals surface area contributed by atoms with E-state index in [-0.39, 0.29) is 0 Å². The topological polar surface area (TPSA) is 49.7 Å². The first kappa shape index (κ1) is 18.4. The fourth-order valence-electron chi connectivity index (χ4n) is 2.60. The zero-order valence-electron chi connectivity index (χ0n) is 13.3. The Morgan fingerprint density at radius 3 is 2.19 bits per heavy atom. The molecule has 0 saturated carbocycles. The van der Waals surface area contributed by atoms with Gasteiger partial charge in [0.05, 0.1) is 0 Å². The summed E-state index contributed by atoms with van der Waals surface area (Å²) in [4.78, 5) is 18.1. The lowest BCUT2D eigenvalue weighted by Crippen LogP contribution is -1.96. The molecular formula is C17H29O3P. The molecule has 120 valence electrons. The van der Waals surface area contributed by atoms with Crippen LogP contribution in [0.2, 0.25) is 0 Å². The molecule has 0 aliphatic heterocycles. The van der Waals surface area contributed by atoms with Crippen LogP contribution in [-0.2, 0) is 6.42 Å². The maximum absolute atomic E-state index is 9.03. The van der Waals surface area contributed by atoms with Crippen LogP contribution in [0.5, 0.6) is 5.75 Å². The van der Waals surface area contributed by atoms with E-state index in [4.69, 9.17) is 14.3 Å². The molecule has 0 heterocycles. The predicted octanol–water partition coefficient (Wildman–Crippen LogP) is 5.27. The van der Waals surface area contributed by atoms with E-state index >= 15 is 0 Å². The molecule has 0 atom stereocenters. The Bertz CT molecular complexity index is 394. The highest BCUT2D eigenvalue weighted by Gasteiger charge is 2.10. The van der Waals surface area contributed by atoms with E-state index in [1.165, 1.54) is 44.9 Å². The summed E-state index contributed by atoms with van der Waals surface area (Å²) < 4.78 is 5.12. The Kier molecular flexibility index (Phi) is 9.65. The van der Waals surface area contributed by atoms with Crippen LogP contribution in [-0.4, -0.2) is 9.79 Å². The number of hydrogen-bond donors (Lipinski definition) is 2. The number of rotatable bonds is 11. The Hall–Kier alpha value is -0.630. The van der Waals surface area contributed by atoms with Crippen LogP contribution in [0.3, 0.4) is 0 Å². The second-order valence-electron chi connectivity index (χ2n) is 5.62. The largest absolute Gasteiger partial charge is 0.427 e. The smallest absolute Gasteiger partial charge is 0.391 e. The zero-order valence-corrected chi connectivity index (χ0v) is 14.2. The zero-order chi connectivity index (χ0) is 15.5. The molecule has 0 saturated heterocycles. The van der Waals surface area contributed by atoms with Crippen molar-refractivity contribution < 1.29 is 14.3 Å². The summed E-state index contributed by atoms with van der Waals surface area (Å²) in [6, 6.07) is 5.75. The molecule has 0 unspecified atom stereocenters. The van der Waals surface area contributed by atoms with Gasteiger partial charge in [0, 0.05) is 0 Å². The molecule has 0 aliphatic carbocycles. The summed E-state index contributed by atoms with van der Waals surface area (Å²) >= 11 is 0. The van der Waals surface area contributed by atoms with E-state index in [1.54, 1.807) is 0 Å². The highest BCUT2D eigenvalue weighted by Crippen LogP contribution is 2.33. The van der Waals surface area contributed by atoms with Gasteiger partial charge in [-0.05, 0) is 37.0 Å². The third-order valence-corrected chi connectivity index (χ3v) is 4.19. The summed E-state index contributed by atoms with van der Waals surface area (Å²) in [5.41, 5.74) is 2.27. The van der Waals surface area contributed by atoms with Gasteiger partial charge in [-0.3, -0.25) is 0 Å². The van der Waals surface area contributed by atoms with Crippen molar-refractivity contribution in [1.29, 1.82) is 0 Å². The lowest BCUT2D eigenvalue weighted by Gasteiger charge is -2.13. The van der Waals surface area contributed by atoms with Crippen LogP contribution >= 0.6 is 8.60 Å². The second kappa shape index (κ2) is 11.0. The lowest BCUT2D eigenvalue weighted by molar-refractivity contribution is 0.373. The van der Waals surface area contributed by atoms with Gasteiger partial charge >= 0.3 is 8.60 Å². The molecule has 4 heteroatoms. The molecule has 0 radical (unpaired) electrons. The molecule has 0 amide bonds. The van der Waals surface area contributed by atoms with Crippen molar-refractivity contribution in [3.05, 3.63) is 29.3 Å². The van der Waals surface area contributed by atoms with Gasteiger partial charge in [-0.15, -0.1) is 0 Å². The summed E-state index contributed by atoms with van der Waals surface area (Å²) in [6.45, 7) is 4.29.